The zero-order valence-electron chi connectivity index (χ0n) is 11.7. The van der Waals surface area contributed by atoms with Gasteiger partial charge in [0.15, 0.2) is 0 Å². The van der Waals surface area contributed by atoms with Crippen LogP contribution in [0.4, 0.5) is 0 Å². The van der Waals surface area contributed by atoms with Crippen LogP contribution in [0.3, 0.4) is 0 Å². The van der Waals surface area contributed by atoms with E-state index in [0.717, 1.165) is 11.4 Å². The lowest BCUT2D eigenvalue weighted by molar-refractivity contribution is 0.691. The first-order valence-corrected chi connectivity index (χ1v) is 7.05. The largest absolute Gasteiger partial charge is 0.309 e. The molecule has 2 rings (SSSR count). The van der Waals surface area contributed by atoms with E-state index in [2.05, 4.69) is 49.5 Å². The Morgan fingerprint density at radius 3 is 2.26 bits per heavy atom. The van der Waals surface area contributed by atoms with Gasteiger partial charge in [0.1, 0.15) is 0 Å². The maximum Gasteiger partial charge on any atom is 0.0574 e. The van der Waals surface area contributed by atoms with Gasteiger partial charge in [0.05, 0.1) is 6.04 Å². The van der Waals surface area contributed by atoms with Gasteiger partial charge in [-0.15, -0.1) is 0 Å². The highest BCUT2D eigenvalue weighted by Crippen LogP contribution is 2.26. The molecule has 0 saturated heterocycles. The van der Waals surface area contributed by atoms with E-state index in [4.69, 9.17) is 11.6 Å². The van der Waals surface area contributed by atoms with Gasteiger partial charge in [-0.2, -0.15) is 0 Å². The minimum Gasteiger partial charge on any atom is -0.309 e. The average molecular weight is 274 g/mol. The Labute approximate surface area is 120 Å². The smallest absolute Gasteiger partial charge is 0.0574 e. The van der Waals surface area contributed by atoms with Crippen LogP contribution >= 0.6 is 11.6 Å². The molecule has 0 aliphatic heterocycles. The second kappa shape index (κ2) is 6.23. The van der Waals surface area contributed by atoms with Gasteiger partial charge < -0.3 is 5.32 Å². The van der Waals surface area contributed by atoms with Gasteiger partial charge in [0.25, 0.3) is 0 Å². The van der Waals surface area contributed by atoms with E-state index in [0.29, 0.717) is 0 Å². The van der Waals surface area contributed by atoms with E-state index in [1.54, 1.807) is 0 Å². The number of nitrogens with one attached hydrogen (secondary N) is 1. The Balaban J connectivity index is 2.37. The second-order valence-corrected chi connectivity index (χ2v) is 5.32. The van der Waals surface area contributed by atoms with E-state index in [1.807, 2.05) is 19.2 Å². The fourth-order valence-corrected chi connectivity index (χ4v) is 2.70. The Kier molecular flexibility index (Phi) is 4.62. The van der Waals surface area contributed by atoms with Crippen molar-refractivity contribution in [1.82, 2.24) is 5.32 Å². The number of hydrogen-bond acceptors (Lipinski definition) is 1. The fraction of sp³-hybridized carbons (Fsp3) is 0.294. The van der Waals surface area contributed by atoms with Crippen LogP contribution in [-0.2, 0) is 6.42 Å². The Morgan fingerprint density at radius 1 is 1.05 bits per heavy atom. The quantitative estimate of drug-likeness (QED) is 0.864. The van der Waals surface area contributed by atoms with Crippen LogP contribution in [-0.4, -0.2) is 7.05 Å². The zero-order chi connectivity index (χ0) is 13.8. The van der Waals surface area contributed by atoms with E-state index >= 15 is 0 Å². The molecule has 1 atom stereocenters. The monoisotopic (exact) mass is 273 g/mol. The van der Waals surface area contributed by atoms with Crippen molar-refractivity contribution in [2.24, 2.45) is 0 Å². The minimum atomic E-state index is 0.184. The molecule has 0 radical (unpaired) electrons. The summed E-state index contributed by atoms with van der Waals surface area (Å²) in [6.45, 7) is 4.24. The highest BCUT2D eigenvalue weighted by molar-refractivity contribution is 6.30. The maximum atomic E-state index is 6.16. The van der Waals surface area contributed by atoms with Crippen molar-refractivity contribution in [1.29, 1.82) is 0 Å². The van der Waals surface area contributed by atoms with Crippen molar-refractivity contribution < 1.29 is 0 Å². The molecule has 0 amide bonds. The number of aryl methyl sites for hydroxylation is 2. The summed E-state index contributed by atoms with van der Waals surface area (Å²) in [5, 5.41) is 4.16. The molecule has 0 aromatic heterocycles. The highest BCUT2D eigenvalue weighted by Gasteiger charge is 2.12. The average Bonchev–Trinajstić information content (AvgIpc) is 2.39. The minimum absolute atomic E-state index is 0.184. The lowest BCUT2D eigenvalue weighted by Gasteiger charge is -2.18. The summed E-state index contributed by atoms with van der Waals surface area (Å²) in [7, 11) is 1.98. The predicted molar refractivity (Wildman–Crippen MR) is 82.9 cm³/mol. The molecule has 0 bridgehead atoms. The Bertz CT molecular complexity index is 525. The van der Waals surface area contributed by atoms with E-state index in [-0.39, 0.29) is 6.04 Å². The van der Waals surface area contributed by atoms with Gasteiger partial charge in [-0.05, 0) is 54.8 Å². The van der Waals surface area contributed by atoms with Gasteiger partial charge in [-0.25, -0.2) is 0 Å². The maximum absolute atomic E-state index is 6.16. The van der Waals surface area contributed by atoms with Crippen molar-refractivity contribution in [2.75, 3.05) is 7.05 Å². The fourth-order valence-electron chi connectivity index (χ4n) is 2.40. The van der Waals surface area contributed by atoms with Crippen LogP contribution in [0.2, 0.25) is 5.02 Å². The Morgan fingerprint density at radius 2 is 1.74 bits per heavy atom. The van der Waals surface area contributed by atoms with Gasteiger partial charge in [-0.3, -0.25) is 0 Å². The highest BCUT2D eigenvalue weighted by atomic mass is 35.5. The molecule has 2 heteroatoms. The third-order valence-electron chi connectivity index (χ3n) is 3.41. The summed E-state index contributed by atoms with van der Waals surface area (Å²) < 4.78 is 0. The summed E-state index contributed by atoms with van der Waals surface area (Å²) >= 11 is 6.16. The van der Waals surface area contributed by atoms with Gasteiger partial charge in [0.2, 0.25) is 0 Å². The first-order valence-electron chi connectivity index (χ1n) is 6.67. The molecule has 19 heavy (non-hydrogen) atoms. The van der Waals surface area contributed by atoms with Crippen molar-refractivity contribution in [3.63, 3.8) is 0 Å². The molecule has 0 saturated carbocycles. The molecule has 0 aliphatic rings. The second-order valence-electron chi connectivity index (χ2n) is 4.88. The topological polar surface area (TPSA) is 12.0 Å². The summed E-state index contributed by atoms with van der Waals surface area (Å²) in [6.07, 6.45) is 1.07. The summed E-state index contributed by atoms with van der Waals surface area (Å²) in [6, 6.07) is 15.1. The SMILES string of the molecule is CCc1ccc(C(NC)c2cc(C)cc(Cl)c2)cc1. The molecule has 0 heterocycles. The van der Waals surface area contributed by atoms with E-state index in [1.165, 1.54) is 22.3 Å². The van der Waals surface area contributed by atoms with E-state index < -0.39 is 0 Å². The van der Waals surface area contributed by atoms with Gasteiger partial charge in [0, 0.05) is 5.02 Å². The third-order valence-corrected chi connectivity index (χ3v) is 3.63. The van der Waals surface area contributed by atoms with Crippen LogP contribution in [0.15, 0.2) is 42.5 Å². The predicted octanol–water partition coefficient (Wildman–Crippen LogP) is 4.52. The van der Waals surface area contributed by atoms with Crippen molar-refractivity contribution in [2.45, 2.75) is 26.3 Å². The molecule has 2 aromatic carbocycles. The molecule has 1 N–H and O–H groups in total. The molecule has 1 nitrogen and oxygen atoms in total. The van der Waals surface area contributed by atoms with E-state index in [9.17, 15) is 0 Å². The first-order chi connectivity index (χ1) is 9.13. The van der Waals surface area contributed by atoms with Gasteiger partial charge in [-0.1, -0.05) is 48.9 Å². The molecule has 100 valence electrons. The van der Waals surface area contributed by atoms with Crippen LogP contribution < -0.4 is 5.32 Å². The zero-order valence-corrected chi connectivity index (χ0v) is 12.5. The normalized spacial score (nSPS) is 12.4. The number of hydrogen-bond donors (Lipinski definition) is 1. The first kappa shape index (κ1) is 14.1. The van der Waals surface area contributed by atoms with Gasteiger partial charge >= 0.3 is 0 Å². The van der Waals surface area contributed by atoms with Crippen LogP contribution in [0.1, 0.15) is 35.2 Å². The summed E-state index contributed by atoms with van der Waals surface area (Å²) in [4.78, 5) is 0. The van der Waals surface area contributed by atoms with Crippen molar-refractivity contribution in [3.8, 4) is 0 Å². The molecule has 0 spiro atoms. The summed E-state index contributed by atoms with van der Waals surface area (Å²) in [5.41, 5.74) is 5.02. The summed E-state index contributed by atoms with van der Waals surface area (Å²) in [5.74, 6) is 0. The van der Waals surface area contributed by atoms with Crippen molar-refractivity contribution in [3.05, 3.63) is 69.7 Å². The van der Waals surface area contributed by atoms with Crippen LogP contribution in [0, 0.1) is 6.92 Å². The number of halogens is 1. The lowest BCUT2D eigenvalue weighted by Crippen LogP contribution is -2.17. The third kappa shape index (κ3) is 3.37. The molecule has 1 unspecified atom stereocenters. The molecule has 2 aromatic rings. The van der Waals surface area contributed by atoms with Crippen LogP contribution in [0.25, 0.3) is 0 Å². The lowest BCUT2D eigenvalue weighted by atomic mass is 9.96. The number of rotatable bonds is 4. The number of benzene rings is 2. The molecule has 0 aliphatic carbocycles. The standard InChI is InChI=1S/C17H20ClN/c1-4-13-5-7-14(8-6-13)17(19-3)15-9-12(2)10-16(18)11-15/h5-11,17,19H,4H2,1-3H3. The van der Waals surface area contributed by atoms with Crippen LogP contribution in [0.5, 0.6) is 0 Å². The molecule has 0 fully saturated rings. The van der Waals surface area contributed by atoms with Crippen molar-refractivity contribution >= 4 is 11.6 Å². The Hall–Kier alpha value is -1.31. The molecular formula is C17H20ClN. The molecular weight excluding hydrogens is 254 g/mol.